The highest BCUT2D eigenvalue weighted by Gasteiger charge is 2.08. The molecule has 0 saturated carbocycles. The molecule has 8 nitrogen and oxygen atoms in total. The smallest absolute Gasteiger partial charge is 0.324 e. The Labute approximate surface area is 120 Å². The van der Waals surface area contributed by atoms with Crippen molar-refractivity contribution in [3.05, 3.63) is 16.1 Å². The van der Waals surface area contributed by atoms with Gasteiger partial charge in [-0.25, -0.2) is 10.8 Å². The lowest BCUT2D eigenvalue weighted by atomic mass is 10.3. The average Bonchev–Trinajstić information content (AvgIpc) is 2.84. The Hall–Kier alpha value is -2.00. The Balaban J connectivity index is 1.97. The van der Waals surface area contributed by atoms with Crippen molar-refractivity contribution in [2.24, 2.45) is 5.84 Å². The van der Waals surface area contributed by atoms with Crippen LogP contribution in [0.25, 0.3) is 0 Å². The van der Waals surface area contributed by atoms with Crippen LogP contribution >= 0.6 is 11.3 Å². The molecule has 20 heavy (non-hydrogen) atoms. The fourth-order valence-corrected chi connectivity index (χ4v) is 2.22. The number of nitrogen functional groups attached to an aromatic ring is 1. The highest BCUT2D eigenvalue weighted by molar-refractivity contribution is 7.09. The number of thiazole rings is 1. The van der Waals surface area contributed by atoms with Gasteiger partial charge in [-0.15, -0.1) is 16.3 Å². The van der Waals surface area contributed by atoms with Crippen LogP contribution in [-0.2, 0) is 6.42 Å². The van der Waals surface area contributed by atoms with Gasteiger partial charge in [-0.2, -0.15) is 9.97 Å². The third-order valence-corrected chi connectivity index (χ3v) is 3.40. The van der Waals surface area contributed by atoms with Gasteiger partial charge >= 0.3 is 12.0 Å². The molecule has 2 aromatic heterocycles. The van der Waals surface area contributed by atoms with Crippen molar-refractivity contribution in [2.45, 2.75) is 20.3 Å². The van der Waals surface area contributed by atoms with E-state index >= 15 is 0 Å². The number of aromatic nitrogens is 4. The summed E-state index contributed by atoms with van der Waals surface area (Å²) in [5, 5.41) is 0. The maximum atomic E-state index is 5.50. The molecule has 3 N–H and O–H groups in total. The van der Waals surface area contributed by atoms with E-state index in [1.165, 1.54) is 4.88 Å². The minimum Gasteiger partial charge on any atom is -0.464 e. The van der Waals surface area contributed by atoms with E-state index in [9.17, 15) is 0 Å². The number of rotatable bonds is 7. The number of anilines is 1. The second kappa shape index (κ2) is 6.96. The molecule has 0 aromatic carbocycles. The molecule has 2 aromatic rings. The number of nitrogens with zero attached hydrogens (tertiary/aromatic N) is 4. The molecule has 0 unspecified atom stereocenters. The monoisotopic (exact) mass is 296 g/mol. The topological polar surface area (TPSA) is 108 Å². The van der Waals surface area contributed by atoms with E-state index in [1.54, 1.807) is 11.3 Å². The summed E-state index contributed by atoms with van der Waals surface area (Å²) >= 11 is 1.60. The first-order chi connectivity index (χ1) is 9.72. The van der Waals surface area contributed by atoms with Gasteiger partial charge in [-0.3, -0.25) is 5.43 Å². The Bertz CT molecular complexity index is 562. The Morgan fingerprint density at radius 3 is 2.60 bits per heavy atom. The number of ether oxygens (including phenoxy) is 2. The van der Waals surface area contributed by atoms with E-state index in [-0.39, 0.29) is 18.0 Å². The van der Waals surface area contributed by atoms with Gasteiger partial charge in [0.05, 0.1) is 24.4 Å². The SMILES string of the molecule is CCOc1nc(NN)nc(OCCc2scnc2C)n1. The van der Waals surface area contributed by atoms with Gasteiger partial charge in [0.2, 0.25) is 5.95 Å². The summed E-state index contributed by atoms with van der Waals surface area (Å²) < 4.78 is 10.7. The first-order valence-electron chi connectivity index (χ1n) is 6.10. The number of hydrogen-bond acceptors (Lipinski definition) is 9. The van der Waals surface area contributed by atoms with Crippen molar-refractivity contribution in [1.29, 1.82) is 0 Å². The minimum absolute atomic E-state index is 0.179. The predicted molar refractivity (Wildman–Crippen MR) is 74.9 cm³/mol. The summed E-state index contributed by atoms with van der Waals surface area (Å²) in [6.45, 7) is 4.71. The molecule has 0 saturated heterocycles. The zero-order chi connectivity index (χ0) is 14.4. The van der Waals surface area contributed by atoms with Gasteiger partial charge in [-0.1, -0.05) is 0 Å². The van der Waals surface area contributed by atoms with Gasteiger partial charge in [0.25, 0.3) is 0 Å². The predicted octanol–water partition coefficient (Wildman–Crippen LogP) is 0.942. The summed E-state index contributed by atoms with van der Waals surface area (Å²) in [5.41, 5.74) is 5.19. The van der Waals surface area contributed by atoms with Crippen LogP contribution in [0.15, 0.2) is 5.51 Å². The minimum atomic E-state index is 0.179. The fourth-order valence-electron chi connectivity index (χ4n) is 1.46. The molecule has 0 aliphatic carbocycles. The van der Waals surface area contributed by atoms with Crippen LogP contribution in [0.2, 0.25) is 0 Å². The third-order valence-electron chi connectivity index (χ3n) is 2.40. The summed E-state index contributed by atoms with van der Waals surface area (Å²) in [4.78, 5) is 17.4. The molecule has 0 aliphatic heterocycles. The molecule has 0 aliphatic rings. The van der Waals surface area contributed by atoms with Crippen molar-refractivity contribution in [2.75, 3.05) is 18.6 Å². The van der Waals surface area contributed by atoms with Crippen molar-refractivity contribution in [3.8, 4) is 12.0 Å². The van der Waals surface area contributed by atoms with E-state index in [0.717, 1.165) is 12.1 Å². The van der Waals surface area contributed by atoms with E-state index in [2.05, 4.69) is 25.4 Å². The molecular formula is C11H16N6O2S. The van der Waals surface area contributed by atoms with Crippen molar-refractivity contribution < 1.29 is 9.47 Å². The van der Waals surface area contributed by atoms with Gasteiger partial charge in [0.15, 0.2) is 0 Å². The molecule has 0 atom stereocenters. The maximum absolute atomic E-state index is 5.50. The summed E-state index contributed by atoms with van der Waals surface area (Å²) in [7, 11) is 0. The van der Waals surface area contributed by atoms with Gasteiger partial charge in [0.1, 0.15) is 0 Å². The molecule has 108 valence electrons. The first-order valence-corrected chi connectivity index (χ1v) is 6.98. The molecule has 9 heteroatoms. The van der Waals surface area contributed by atoms with Crippen LogP contribution in [0.4, 0.5) is 5.95 Å². The van der Waals surface area contributed by atoms with Crippen LogP contribution < -0.4 is 20.7 Å². The molecule has 2 rings (SSSR count). The first kappa shape index (κ1) is 14.4. The van der Waals surface area contributed by atoms with Crippen molar-refractivity contribution in [1.82, 2.24) is 19.9 Å². The lowest BCUT2D eigenvalue weighted by molar-refractivity contribution is 0.272. The van der Waals surface area contributed by atoms with E-state index < -0.39 is 0 Å². The zero-order valence-electron chi connectivity index (χ0n) is 11.3. The second-order valence-electron chi connectivity index (χ2n) is 3.76. The Morgan fingerprint density at radius 1 is 1.25 bits per heavy atom. The lowest BCUT2D eigenvalue weighted by Crippen LogP contribution is -2.14. The third kappa shape index (κ3) is 3.75. The van der Waals surface area contributed by atoms with Crippen LogP contribution in [0.3, 0.4) is 0 Å². The van der Waals surface area contributed by atoms with E-state index in [1.807, 2.05) is 19.4 Å². The highest BCUT2D eigenvalue weighted by atomic mass is 32.1. The fraction of sp³-hybridized carbons (Fsp3) is 0.455. The molecule has 2 heterocycles. The standard InChI is InChI=1S/C11H16N6O2S/c1-3-18-10-14-9(17-12)15-11(16-10)19-5-4-8-7(2)13-6-20-8/h6H,3-5,12H2,1-2H3,(H,14,15,16,17). The van der Waals surface area contributed by atoms with Crippen LogP contribution in [-0.4, -0.2) is 33.1 Å². The van der Waals surface area contributed by atoms with Crippen LogP contribution in [0.5, 0.6) is 12.0 Å². The van der Waals surface area contributed by atoms with Crippen molar-refractivity contribution in [3.63, 3.8) is 0 Å². The molecular weight excluding hydrogens is 280 g/mol. The lowest BCUT2D eigenvalue weighted by Gasteiger charge is -2.07. The van der Waals surface area contributed by atoms with Crippen molar-refractivity contribution >= 4 is 17.3 Å². The Kier molecular flexibility index (Phi) is 5.02. The molecule has 0 radical (unpaired) electrons. The van der Waals surface area contributed by atoms with Crippen LogP contribution in [0.1, 0.15) is 17.5 Å². The second-order valence-corrected chi connectivity index (χ2v) is 4.70. The number of hydrogen-bond donors (Lipinski definition) is 2. The number of aryl methyl sites for hydroxylation is 1. The molecule has 0 bridgehead atoms. The molecule has 0 fully saturated rings. The zero-order valence-corrected chi connectivity index (χ0v) is 12.1. The van der Waals surface area contributed by atoms with E-state index in [4.69, 9.17) is 15.3 Å². The quantitative estimate of drug-likeness (QED) is 0.574. The largest absolute Gasteiger partial charge is 0.464 e. The van der Waals surface area contributed by atoms with Gasteiger partial charge in [-0.05, 0) is 13.8 Å². The average molecular weight is 296 g/mol. The summed E-state index contributed by atoms with van der Waals surface area (Å²) in [6, 6.07) is 0.359. The summed E-state index contributed by atoms with van der Waals surface area (Å²) in [5.74, 6) is 5.49. The van der Waals surface area contributed by atoms with Gasteiger partial charge < -0.3 is 9.47 Å². The molecule has 0 amide bonds. The Morgan fingerprint density at radius 2 is 2.00 bits per heavy atom. The number of hydrazine groups is 1. The van der Waals surface area contributed by atoms with E-state index in [0.29, 0.717) is 13.2 Å². The normalized spacial score (nSPS) is 10.3. The number of nitrogens with two attached hydrogens (primary N) is 1. The maximum Gasteiger partial charge on any atom is 0.324 e. The summed E-state index contributed by atoms with van der Waals surface area (Å²) in [6.07, 6.45) is 0.748. The van der Waals surface area contributed by atoms with Gasteiger partial charge in [0, 0.05) is 11.3 Å². The highest BCUT2D eigenvalue weighted by Crippen LogP contribution is 2.15. The molecule has 0 spiro atoms. The van der Waals surface area contributed by atoms with Crippen LogP contribution in [0, 0.1) is 6.92 Å². The number of nitrogens with one attached hydrogen (secondary N) is 1.